The van der Waals surface area contributed by atoms with Crippen LogP contribution in [0.25, 0.3) is 22.2 Å². The Labute approximate surface area is 295 Å². The Morgan fingerprint density at radius 3 is 2.16 bits per heavy atom. The lowest BCUT2D eigenvalue weighted by atomic mass is 10.0. The molecular formula is C41H47N7O2. The van der Waals surface area contributed by atoms with Crippen molar-refractivity contribution in [3.8, 4) is 11.3 Å². The number of carbonyl (C=O) groups is 1. The maximum Gasteiger partial charge on any atom is 0.410 e. The monoisotopic (exact) mass is 669 g/mol. The van der Waals surface area contributed by atoms with Crippen molar-refractivity contribution in [2.45, 2.75) is 32.8 Å². The maximum atomic E-state index is 12.5. The molecular weight excluding hydrogens is 622 g/mol. The van der Waals surface area contributed by atoms with Gasteiger partial charge < -0.3 is 24.8 Å². The minimum absolute atomic E-state index is 0.263. The Morgan fingerprint density at radius 2 is 1.56 bits per heavy atom. The van der Waals surface area contributed by atoms with E-state index in [0.717, 1.165) is 75.7 Å². The summed E-state index contributed by atoms with van der Waals surface area (Å²) in [6.45, 7) is 10.1. The van der Waals surface area contributed by atoms with Crippen molar-refractivity contribution >= 4 is 39.9 Å². The van der Waals surface area contributed by atoms with Gasteiger partial charge in [0.2, 0.25) is 0 Å². The van der Waals surface area contributed by atoms with Gasteiger partial charge in [-0.1, -0.05) is 60.7 Å². The van der Waals surface area contributed by atoms with Gasteiger partial charge in [0, 0.05) is 66.7 Å². The molecule has 5 aromatic rings. The molecule has 3 heterocycles. The SMILES string of the molecule is CN(C)CCCNc1cc(-c2ccc(N3CCN(C(=O)OC(C)(C)C)CC3)nc2)nc2ccc(N=C(c3ccccc3)c3ccccc3)cc12. The van der Waals surface area contributed by atoms with Gasteiger partial charge in [0.15, 0.2) is 0 Å². The standard InChI is InChI=1S/C41H47N7O2/c1-41(2,3)50-40(49)48-25-23-47(24-26-48)38-20-17-32(29-43-38)36-28-37(42-21-12-22-46(4)5)34-27-33(18-19-35(34)45-36)44-39(30-13-8-6-9-14-30)31-15-10-7-11-16-31/h6-11,13-20,27-29H,12,21-26H2,1-5H3,(H,42,45). The van der Waals surface area contributed by atoms with Crippen LogP contribution in [0.5, 0.6) is 0 Å². The first kappa shape index (κ1) is 34.6. The fraction of sp³-hybridized carbons (Fsp3) is 0.317. The van der Waals surface area contributed by atoms with Crippen LogP contribution >= 0.6 is 0 Å². The predicted molar refractivity (Wildman–Crippen MR) is 205 cm³/mol. The third kappa shape index (κ3) is 8.84. The first-order valence-electron chi connectivity index (χ1n) is 17.4. The van der Waals surface area contributed by atoms with Crippen LogP contribution < -0.4 is 10.2 Å². The van der Waals surface area contributed by atoms with Crippen molar-refractivity contribution < 1.29 is 9.53 Å². The highest BCUT2D eigenvalue weighted by molar-refractivity contribution is 6.14. The summed E-state index contributed by atoms with van der Waals surface area (Å²) in [7, 11) is 4.19. The molecule has 258 valence electrons. The topological polar surface area (TPSA) is 86.2 Å². The summed E-state index contributed by atoms with van der Waals surface area (Å²) in [5.41, 5.74) is 7.12. The zero-order valence-corrected chi connectivity index (χ0v) is 29.8. The molecule has 0 atom stereocenters. The quantitative estimate of drug-likeness (QED) is 0.120. The molecule has 1 aliphatic heterocycles. The van der Waals surface area contributed by atoms with Gasteiger partial charge in [0.25, 0.3) is 0 Å². The van der Waals surface area contributed by atoms with Crippen LogP contribution in [0.15, 0.2) is 108 Å². The summed E-state index contributed by atoms with van der Waals surface area (Å²) < 4.78 is 5.56. The lowest BCUT2D eigenvalue weighted by molar-refractivity contribution is 0.0240. The van der Waals surface area contributed by atoms with Crippen molar-refractivity contribution in [3.05, 3.63) is 114 Å². The summed E-state index contributed by atoms with van der Waals surface area (Å²) in [5, 5.41) is 4.72. The Bertz CT molecular complexity index is 1870. The molecule has 0 radical (unpaired) electrons. The molecule has 0 unspecified atom stereocenters. The predicted octanol–water partition coefficient (Wildman–Crippen LogP) is 7.89. The number of ether oxygens (including phenoxy) is 1. The number of aromatic nitrogens is 2. The molecule has 6 rings (SSSR count). The lowest BCUT2D eigenvalue weighted by Crippen LogP contribution is -2.50. The number of hydrogen-bond donors (Lipinski definition) is 1. The van der Waals surface area contributed by atoms with Crippen molar-refractivity contribution in [1.29, 1.82) is 0 Å². The maximum absolute atomic E-state index is 12.5. The molecule has 1 aliphatic rings. The van der Waals surface area contributed by atoms with Crippen LogP contribution in [-0.4, -0.2) is 90.5 Å². The minimum atomic E-state index is -0.505. The molecule has 1 saturated heterocycles. The normalized spacial score (nSPS) is 13.4. The fourth-order valence-corrected chi connectivity index (χ4v) is 5.98. The van der Waals surface area contributed by atoms with Crippen LogP contribution in [0.4, 0.5) is 22.0 Å². The third-order valence-electron chi connectivity index (χ3n) is 8.52. The molecule has 9 heteroatoms. The van der Waals surface area contributed by atoms with E-state index in [2.05, 4.69) is 77.7 Å². The highest BCUT2D eigenvalue weighted by atomic mass is 16.6. The van der Waals surface area contributed by atoms with Gasteiger partial charge in [0.05, 0.1) is 22.6 Å². The van der Waals surface area contributed by atoms with E-state index < -0.39 is 5.60 Å². The van der Waals surface area contributed by atoms with E-state index in [1.54, 1.807) is 4.90 Å². The number of hydrogen-bond acceptors (Lipinski definition) is 8. The zero-order valence-electron chi connectivity index (χ0n) is 29.8. The number of piperazine rings is 1. The Balaban J connectivity index is 1.27. The zero-order chi connectivity index (χ0) is 35.1. The number of rotatable bonds is 10. The van der Waals surface area contributed by atoms with Crippen LogP contribution in [0, 0.1) is 0 Å². The van der Waals surface area contributed by atoms with Gasteiger partial charge >= 0.3 is 6.09 Å². The molecule has 0 saturated carbocycles. The molecule has 9 nitrogen and oxygen atoms in total. The minimum Gasteiger partial charge on any atom is -0.444 e. The van der Waals surface area contributed by atoms with E-state index in [-0.39, 0.29) is 6.09 Å². The van der Waals surface area contributed by atoms with E-state index in [1.165, 1.54) is 0 Å². The summed E-state index contributed by atoms with van der Waals surface area (Å²) in [5.74, 6) is 0.885. The van der Waals surface area contributed by atoms with Gasteiger partial charge in [0.1, 0.15) is 11.4 Å². The number of nitrogens with zero attached hydrogens (tertiary/aromatic N) is 6. The smallest absolute Gasteiger partial charge is 0.410 e. The van der Waals surface area contributed by atoms with Gasteiger partial charge in [-0.25, -0.2) is 19.8 Å². The fourth-order valence-electron chi connectivity index (χ4n) is 5.98. The largest absolute Gasteiger partial charge is 0.444 e. The number of carbonyl (C=O) groups excluding carboxylic acids is 1. The highest BCUT2D eigenvalue weighted by Crippen LogP contribution is 2.32. The van der Waals surface area contributed by atoms with Gasteiger partial charge in [-0.15, -0.1) is 0 Å². The molecule has 1 amide bonds. The summed E-state index contributed by atoms with van der Waals surface area (Å²) >= 11 is 0. The van der Waals surface area contributed by atoms with E-state index in [1.807, 2.05) is 75.5 Å². The second kappa shape index (κ2) is 15.5. The van der Waals surface area contributed by atoms with Crippen molar-refractivity contribution in [2.24, 2.45) is 4.99 Å². The third-order valence-corrected chi connectivity index (χ3v) is 8.52. The first-order valence-corrected chi connectivity index (χ1v) is 17.4. The van der Waals surface area contributed by atoms with E-state index in [0.29, 0.717) is 26.2 Å². The number of nitrogens with one attached hydrogen (secondary N) is 1. The molecule has 0 bridgehead atoms. The van der Waals surface area contributed by atoms with Crippen molar-refractivity contribution in [2.75, 3.05) is 63.6 Å². The summed E-state index contributed by atoms with van der Waals surface area (Å²) in [6.07, 6.45) is 2.64. The molecule has 2 aromatic heterocycles. The molecule has 0 aliphatic carbocycles. The molecule has 3 aromatic carbocycles. The average Bonchev–Trinajstić information content (AvgIpc) is 3.12. The van der Waals surface area contributed by atoms with E-state index in [9.17, 15) is 4.79 Å². The Kier molecular flexibility index (Phi) is 10.7. The van der Waals surface area contributed by atoms with Crippen LogP contribution in [0.1, 0.15) is 38.3 Å². The summed E-state index contributed by atoms with van der Waals surface area (Å²) in [4.78, 5) is 33.8. The Morgan fingerprint density at radius 1 is 0.880 bits per heavy atom. The van der Waals surface area contributed by atoms with Crippen molar-refractivity contribution in [3.63, 3.8) is 0 Å². The van der Waals surface area contributed by atoms with Crippen LogP contribution in [0.3, 0.4) is 0 Å². The number of pyridine rings is 2. The lowest BCUT2D eigenvalue weighted by Gasteiger charge is -2.36. The van der Waals surface area contributed by atoms with Crippen molar-refractivity contribution in [1.82, 2.24) is 19.8 Å². The highest BCUT2D eigenvalue weighted by Gasteiger charge is 2.26. The number of amides is 1. The number of benzene rings is 3. The van der Waals surface area contributed by atoms with Gasteiger partial charge in [-0.2, -0.15) is 0 Å². The molecule has 1 N–H and O–H groups in total. The second-order valence-corrected chi connectivity index (χ2v) is 13.9. The van der Waals surface area contributed by atoms with Gasteiger partial charge in [-0.05, 0) is 84.2 Å². The van der Waals surface area contributed by atoms with Crippen LogP contribution in [0.2, 0.25) is 0 Å². The van der Waals surface area contributed by atoms with Crippen LogP contribution in [-0.2, 0) is 4.74 Å². The molecule has 50 heavy (non-hydrogen) atoms. The van der Waals surface area contributed by atoms with Gasteiger partial charge in [-0.3, -0.25) is 0 Å². The Hall–Kier alpha value is -5.28. The number of aliphatic imine (C=N–C) groups is 1. The summed E-state index contributed by atoms with van der Waals surface area (Å²) in [6, 6.07) is 33.1. The van der Waals surface area contributed by atoms with E-state index >= 15 is 0 Å². The first-order chi connectivity index (χ1) is 24.1. The number of anilines is 2. The molecule has 1 fully saturated rings. The average molecular weight is 670 g/mol. The number of fused-ring (bicyclic) bond motifs is 1. The second-order valence-electron chi connectivity index (χ2n) is 13.9. The van der Waals surface area contributed by atoms with E-state index in [4.69, 9.17) is 19.7 Å². The molecule has 0 spiro atoms.